The molecule has 0 N–H and O–H groups in total. The van der Waals surface area contributed by atoms with Crippen molar-refractivity contribution in [2.75, 3.05) is 72.1 Å². The van der Waals surface area contributed by atoms with Gasteiger partial charge in [0.1, 0.15) is 18.0 Å². The predicted molar refractivity (Wildman–Crippen MR) is 148 cm³/mol. The number of hydrogen-bond donors (Lipinski definition) is 0. The van der Waals surface area contributed by atoms with E-state index in [-0.39, 0.29) is 18.4 Å². The van der Waals surface area contributed by atoms with Gasteiger partial charge in [-0.3, -0.25) is 9.59 Å². The first-order valence-corrected chi connectivity index (χ1v) is 13.0. The zero-order valence-corrected chi connectivity index (χ0v) is 22.7. The molecule has 10 nitrogen and oxygen atoms in total. The summed E-state index contributed by atoms with van der Waals surface area (Å²) in [6.45, 7) is 3.20. The van der Waals surface area contributed by atoms with Gasteiger partial charge in [-0.05, 0) is 67.1 Å². The van der Waals surface area contributed by atoms with Crippen molar-refractivity contribution < 1.29 is 23.8 Å². The van der Waals surface area contributed by atoms with Crippen LogP contribution in [0, 0.1) is 0 Å². The minimum atomic E-state index is -0.216. The van der Waals surface area contributed by atoms with Gasteiger partial charge in [-0.1, -0.05) is 0 Å². The van der Waals surface area contributed by atoms with Crippen LogP contribution in [0.1, 0.15) is 16.8 Å². The fourth-order valence-electron chi connectivity index (χ4n) is 4.44. The Hall–Kier alpha value is -4.18. The summed E-state index contributed by atoms with van der Waals surface area (Å²) >= 11 is 0. The molecule has 3 aromatic rings. The second kappa shape index (κ2) is 13.6. The highest BCUT2D eigenvalue weighted by Gasteiger charge is 2.25. The lowest BCUT2D eigenvalue weighted by Gasteiger charge is -2.27. The van der Waals surface area contributed by atoms with Crippen LogP contribution in [0.25, 0.3) is 11.3 Å². The summed E-state index contributed by atoms with van der Waals surface area (Å²) in [7, 11) is 4.79. The summed E-state index contributed by atoms with van der Waals surface area (Å²) in [5, 5.41) is 8.86. The van der Waals surface area contributed by atoms with Crippen LogP contribution in [-0.4, -0.2) is 99.0 Å². The van der Waals surface area contributed by atoms with Crippen LogP contribution in [0.15, 0.2) is 60.7 Å². The smallest absolute Gasteiger partial charge is 0.254 e. The Morgan fingerprint density at radius 2 is 1.51 bits per heavy atom. The van der Waals surface area contributed by atoms with Gasteiger partial charge in [-0.15, -0.1) is 10.2 Å². The molecule has 0 atom stereocenters. The average molecular weight is 534 g/mol. The molecule has 1 aliphatic rings. The number of amides is 2. The highest BCUT2D eigenvalue weighted by Crippen LogP contribution is 2.22. The molecule has 0 spiro atoms. The minimum absolute atomic E-state index is 0.00934. The highest BCUT2D eigenvalue weighted by molar-refractivity contribution is 5.96. The Balaban J connectivity index is 1.36. The van der Waals surface area contributed by atoms with Crippen molar-refractivity contribution in [1.29, 1.82) is 0 Å². The maximum absolute atomic E-state index is 13.3. The fourth-order valence-corrected chi connectivity index (χ4v) is 4.44. The van der Waals surface area contributed by atoms with Gasteiger partial charge in [-0.2, -0.15) is 0 Å². The number of hydrogen-bond acceptors (Lipinski definition) is 8. The van der Waals surface area contributed by atoms with Crippen LogP contribution in [0.3, 0.4) is 0 Å². The maximum atomic E-state index is 13.3. The Kier molecular flexibility index (Phi) is 9.69. The molecule has 4 rings (SSSR count). The molecule has 0 radical (unpaired) electrons. The number of nitrogens with zero attached hydrogens (tertiary/aromatic N) is 5. The highest BCUT2D eigenvalue weighted by atomic mass is 16.5. The van der Waals surface area contributed by atoms with E-state index < -0.39 is 0 Å². The van der Waals surface area contributed by atoms with E-state index in [2.05, 4.69) is 15.1 Å². The van der Waals surface area contributed by atoms with Crippen molar-refractivity contribution in [3.63, 3.8) is 0 Å². The van der Waals surface area contributed by atoms with Crippen molar-refractivity contribution in [2.45, 2.75) is 6.42 Å². The summed E-state index contributed by atoms with van der Waals surface area (Å²) in [6.07, 6.45) is 0.790. The van der Waals surface area contributed by atoms with Crippen LogP contribution in [0.2, 0.25) is 0 Å². The van der Waals surface area contributed by atoms with Gasteiger partial charge in [0, 0.05) is 51.0 Å². The average Bonchev–Trinajstić information content (AvgIpc) is 3.26. The quantitative estimate of drug-likeness (QED) is 0.393. The third-order valence-electron chi connectivity index (χ3n) is 6.72. The van der Waals surface area contributed by atoms with Crippen molar-refractivity contribution in [3.05, 3.63) is 66.2 Å². The standard InChI is InChI=1S/C29H35N5O5/c1-37-20-19-34(29(36)23-7-11-25(39-3)12-8-23)21-28(35)33-16-4-15-32(17-18-33)27-14-13-26(30-31-27)22-5-9-24(38-2)10-6-22/h5-14H,4,15-21H2,1-3H3. The van der Waals surface area contributed by atoms with Crippen molar-refractivity contribution >= 4 is 17.6 Å². The molecule has 39 heavy (non-hydrogen) atoms. The largest absolute Gasteiger partial charge is 0.497 e. The maximum Gasteiger partial charge on any atom is 0.254 e. The van der Waals surface area contributed by atoms with E-state index >= 15 is 0 Å². The van der Waals surface area contributed by atoms with Gasteiger partial charge in [0.2, 0.25) is 5.91 Å². The molecule has 0 bridgehead atoms. The molecule has 2 heterocycles. The second-order valence-corrected chi connectivity index (χ2v) is 9.17. The third kappa shape index (κ3) is 7.23. The lowest BCUT2D eigenvalue weighted by atomic mass is 10.1. The van der Waals surface area contributed by atoms with Gasteiger partial charge in [0.05, 0.1) is 26.5 Å². The Labute approximate surface area is 229 Å². The number of aromatic nitrogens is 2. The zero-order valence-electron chi connectivity index (χ0n) is 22.7. The van der Waals surface area contributed by atoms with Crippen LogP contribution in [0.4, 0.5) is 5.82 Å². The van der Waals surface area contributed by atoms with Crippen LogP contribution >= 0.6 is 0 Å². The van der Waals surface area contributed by atoms with E-state index in [1.165, 1.54) is 0 Å². The molecule has 1 aromatic heterocycles. The molecule has 10 heteroatoms. The lowest BCUT2D eigenvalue weighted by Crippen LogP contribution is -2.45. The second-order valence-electron chi connectivity index (χ2n) is 9.17. The van der Waals surface area contributed by atoms with Crippen LogP contribution in [-0.2, 0) is 9.53 Å². The molecule has 0 unspecified atom stereocenters. The molecule has 1 fully saturated rings. The number of ether oxygens (including phenoxy) is 3. The SMILES string of the molecule is COCCN(CC(=O)N1CCCN(c2ccc(-c3ccc(OC)cc3)nn2)CC1)C(=O)c1ccc(OC)cc1. The van der Waals surface area contributed by atoms with Crippen LogP contribution < -0.4 is 14.4 Å². The normalized spacial score (nSPS) is 13.5. The van der Waals surface area contributed by atoms with Gasteiger partial charge in [0.25, 0.3) is 5.91 Å². The number of carbonyl (C=O) groups excluding carboxylic acids is 2. The Bertz CT molecular complexity index is 1220. The molecule has 0 aliphatic carbocycles. The molecular formula is C29H35N5O5. The van der Waals surface area contributed by atoms with Gasteiger partial charge < -0.3 is 28.9 Å². The number of benzene rings is 2. The van der Waals surface area contributed by atoms with Gasteiger partial charge in [-0.25, -0.2) is 0 Å². The number of anilines is 1. The first kappa shape index (κ1) is 27.8. The molecule has 1 saturated heterocycles. The Morgan fingerprint density at radius 3 is 2.13 bits per heavy atom. The van der Waals surface area contributed by atoms with Gasteiger partial charge >= 0.3 is 0 Å². The van der Waals surface area contributed by atoms with Crippen molar-refractivity contribution in [2.24, 2.45) is 0 Å². The lowest BCUT2D eigenvalue weighted by molar-refractivity contribution is -0.131. The monoisotopic (exact) mass is 533 g/mol. The van der Waals surface area contributed by atoms with Crippen molar-refractivity contribution in [3.8, 4) is 22.8 Å². The van der Waals surface area contributed by atoms with E-state index in [9.17, 15) is 9.59 Å². The van der Waals surface area contributed by atoms with Gasteiger partial charge in [0.15, 0.2) is 5.82 Å². The van der Waals surface area contributed by atoms with E-state index in [1.54, 1.807) is 50.5 Å². The Morgan fingerprint density at radius 1 is 0.821 bits per heavy atom. The molecule has 0 saturated carbocycles. The number of methoxy groups -OCH3 is 3. The minimum Gasteiger partial charge on any atom is -0.497 e. The zero-order chi connectivity index (χ0) is 27.6. The molecule has 1 aliphatic heterocycles. The molecule has 2 amide bonds. The van der Waals surface area contributed by atoms with E-state index in [1.807, 2.05) is 41.3 Å². The molecule has 206 valence electrons. The first-order valence-electron chi connectivity index (χ1n) is 13.0. The van der Waals surface area contributed by atoms with Crippen LogP contribution in [0.5, 0.6) is 11.5 Å². The predicted octanol–water partition coefficient (Wildman–Crippen LogP) is 2.99. The number of carbonyl (C=O) groups is 2. The summed E-state index contributed by atoms with van der Waals surface area (Å²) in [4.78, 5) is 31.9. The van der Waals surface area contributed by atoms with Crippen molar-refractivity contribution in [1.82, 2.24) is 20.0 Å². The number of rotatable bonds is 10. The summed E-state index contributed by atoms with van der Waals surface area (Å²) in [5.41, 5.74) is 2.24. The third-order valence-corrected chi connectivity index (χ3v) is 6.72. The first-order chi connectivity index (χ1) is 19.0. The summed E-state index contributed by atoms with van der Waals surface area (Å²) in [5.74, 6) is 1.93. The van der Waals surface area contributed by atoms with E-state index in [0.29, 0.717) is 44.1 Å². The summed E-state index contributed by atoms with van der Waals surface area (Å²) in [6, 6.07) is 18.5. The van der Waals surface area contributed by atoms with E-state index in [4.69, 9.17) is 14.2 Å². The molecular weight excluding hydrogens is 498 g/mol. The van der Waals surface area contributed by atoms with E-state index in [0.717, 1.165) is 35.8 Å². The topological polar surface area (TPSA) is 97.3 Å². The molecule has 2 aromatic carbocycles. The summed E-state index contributed by atoms with van der Waals surface area (Å²) < 4.78 is 15.6. The fraction of sp³-hybridized carbons (Fsp3) is 0.379.